The van der Waals surface area contributed by atoms with Crippen molar-refractivity contribution in [2.45, 2.75) is 44.7 Å². The topological polar surface area (TPSA) is 72.3 Å². The molecule has 4 rings (SSSR count). The lowest BCUT2D eigenvalue weighted by atomic mass is 10.0. The molecule has 0 atom stereocenters. The minimum Gasteiger partial charge on any atom is -0.497 e. The minimum atomic E-state index is -0.462. The van der Waals surface area contributed by atoms with Gasteiger partial charge in [0.1, 0.15) is 17.2 Å². The molecular formula is C30H33N3O3. The number of hydrogen-bond donors (Lipinski definition) is 1. The summed E-state index contributed by atoms with van der Waals surface area (Å²) in [5.74, 6) is 1.21. The second kappa shape index (κ2) is 12.2. The molecule has 0 spiro atoms. The van der Waals surface area contributed by atoms with Crippen molar-refractivity contribution in [1.29, 1.82) is 0 Å². The zero-order chi connectivity index (χ0) is 25.2. The summed E-state index contributed by atoms with van der Waals surface area (Å²) in [5, 5.41) is 2.81. The Balaban J connectivity index is 1.23. The maximum atomic E-state index is 12.0. The third-order valence-electron chi connectivity index (χ3n) is 6.14. The molecule has 0 unspecified atom stereocenters. The molecule has 0 saturated carbocycles. The number of amides is 1. The molecule has 186 valence electrons. The van der Waals surface area contributed by atoms with E-state index in [9.17, 15) is 4.79 Å². The molecule has 1 N–H and O–H groups in total. The van der Waals surface area contributed by atoms with Gasteiger partial charge in [-0.15, -0.1) is 0 Å². The van der Waals surface area contributed by atoms with Gasteiger partial charge >= 0.3 is 6.09 Å². The molecule has 6 nitrogen and oxygen atoms in total. The summed E-state index contributed by atoms with van der Waals surface area (Å²) in [7, 11) is 1.60. The van der Waals surface area contributed by atoms with Crippen LogP contribution in [0.5, 0.6) is 11.5 Å². The largest absolute Gasteiger partial charge is 0.497 e. The summed E-state index contributed by atoms with van der Waals surface area (Å²) in [6.07, 6.45) is 4.42. The molecule has 3 aromatic rings. The molecule has 0 fully saturated rings. The van der Waals surface area contributed by atoms with E-state index < -0.39 is 11.8 Å². The second-order valence-corrected chi connectivity index (χ2v) is 9.03. The maximum absolute atomic E-state index is 12.0. The first-order chi connectivity index (χ1) is 17.6. The lowest BCUT2D eigenvalue weighted by Crippen LogP contribution is -2.27. The summed E-state index contributed by atoms with van der Waals surface area (Å²) in [5.41, 5.74) is 3.65. The molecular weight excluding hydrogens is 450 g/mol. The van der Waals surface area contributed by atoms with Crippen molar-refractivity contribution in [3.05, 3.63) is 96.1 Å². The van der Waals surface area contributed by atoms with Crippen LogP contribution in [0.3, 0.4) is 0 Å². The third kappa shape index (κ3) is 6.81. The Bertz CT molecular complexity index is 1130. The molecule has 0 aromatic heterocycles. The van der Waals surface area contributed by atoms with Crippen LogP contribution in [0.1, 0.15) is 50.2 Å². The highest BCUT2D eigenvalue weighted by Crippen LogP contribution is 2.30. The van der Waals surface area contributed by atoms with Crippen molar-refractivity contribution >= 4 is 17.5 Å². The van der Waals surface area contributed by atoms with Crippen LogP contribution in [-0.2, 0) is 0 Å². The van der Waals surface area contributed by atoms with Crippen molar-refractivity contribution < 1.29 is 14.3 Å². The molecule has 0 saturated heterocycles. The fourth-order valence-corrected chi connectivity index (χ4v) is 4.23. The van der Waals surface area contributed by atoms with Gasteiger partial charge in [-0.1, -0.05) is 73.5 Å². The zero-order valence-electron chi connectivity index (χ0n) is 20.9. The molecule has 1 aliphatic rings. The van der Waals surface area contributed by atoms with Crippen molar-refractivity contribution in [3.8, 4) is 11.5 Å². The van der Waals surface area contributed by atoms with Gasteiger partial charge in [-0.25, -0.2) is 4.79 Å². The highest BCUT2D eigenvalue weighted by atomic mass is 16.6. The number of carbonyl (C=O) groups excluding carboxylic acids is 1. The number of benzene rings is 3. The van der Waals surface area contributed by atoms with E-state index in [0.717, 1.165) is 60.4 Å². The third-order valence-corrected chi connectivity index (χ3v) is 6.14. The molecule has 1 amide bonds. The SMILES string of the molecule is COc1ccc(OC(=O)NCCCCCCC2(C)N=C(c3ccccc3)C(c3ccccc3)=N2)cc1. The lowest BCUT2D eigenvalue weighted by molar-refractivity contribution is 0.200. The fourth-order valence-electron chi connectivity index (χ4n) is 4.23. The Kier molecular flexibility index (Phi) is 8.50. The number of rotatable bonds is 11. The average molecular weight is 484 g/mol. The average Bonchev–Trinajstić information content (AvgIpc) is 3.27. The normalized spacial score (nSPS) is 14.1. The van der Waals surface area contributed by atoms with Gasteiger partial charge in [0.05, 0.1) is 18.5 Å². The summed E-state index contributed by atoms with van der Waals surface area (Å²) in [6, 6.07) is 27.5. The Morgan fingerprint density at radius 2 is 1.28 bits per heavy atom. The van der Waals surface area contributed by atoms with Crippen LogP contribution in [0.15, 0.2) is 94.9 Å². The van der Waals surface area contributed by atoms with Crippen molar-refractivity contribution in [1.82, 2.24) is 5.32 Å². The van der Waals surface area contributed by atoms with Crippen LogP contribution in [0.25, 0.3) is 0 Å². The van der Waals surface area contributed by atoms with Crippen LogP contribution >= 0.6 is 0 Å². The van der Waals surface area contributed by atoms with Crippen molar-refractivity contribution in [2.75, 3.05) is 13.7 Å². The number of aliphatic imine (C=N–C) groups is 2. The Morgan fingerprint density at radius 3 is 1.83 bits per heavy atom. The Labute approximate surface area is 213 Å². The Morgan fingerprint density at radius 1 is 0.750 bits per heavy atom. The summed E-state index contributed by atoms with van der Waals surface area (Å²) >= 11 is 0. The molecule has 0 aliphatic carbocycles. The standard InChI is InChI=1S/C30H33N3O3/c1-30(21-11-3-4-12-22-31-29(34)36-26-19-17-25(35-2)18-20-26)32-27(23-13-7-5-8-14-23)28(33-30)24-15-9-6-10-16-24/h5-10,13-20H,3-4,11-12,21-22H2,1-2H3,(H,31,34). The van der Waals surface area contributed by atoms with E-state index in [1.54, 1.807) is 31.4 Å². The first kappa shape index (κ1) is 25.2. The van der Waals surface area contributed by atoms with Crippen LogP contribution in [-0.4, -0.2) is 36.8 Å². The fraction of sp³-hybridized carbons (Fsp3) is 0.300. The summed E-state index contributed by atoms with van der Waals surface area (Å²) in [6.45, 7) is 2.70. The lowest BCUT2D eigenvalue weighted by Gasteiger charge is -2.17. The molecule has 3 aromatic carbocycles. The molecule has 0 bridgehead atoms. The highest BCUT2D eigenvalue weighted by Gasteiger charge is 2.32. The second-order valence-electron chi connectivity index (χ2n) is 9.03. The predicted molar refractivity (Wildman–Crippen MR) is 144 cm³/mol. The van der Waals surface area contributed by atoms with E-state index in [0.29, 0.717) is 12.3 Å². The van der Waals surface area contributed by atoms with E-state index in [2.05, 4.69) is 36.5 Å². The molecule has 1 heterocycles. The smallest absolute Gasteiger partial charge is 0.412 e. The van der Waals surface area contributed by atoms with Crippen LogP contribution in [0, 0.1) is 0 Å². The van der Waals surface area contributed by atoms with E-state index >= 15 is 0 Å². The maximum Gasteiger partial charge on any atom is 0.412 e. The minimum absolute atomic E-state index is 0.441. The van der Waals surface area contributed by atoms with Crippen LogP contribution < -0.4 is 14.8 Å². The number of nitrogens with zero attached hydrogens (tertiary/aromatic N) is 2. The van der Waals surface area contributed by atoms with Gasteiger partial charge in [0.25, 0.3) is 0 Å². The molecule has 0 radical (unpaired) electrons. The number of ether oxygens (including phenoxy) is 2. The van der Waals surface area contributed by atoms with E-state index in [4.69, 9.17) is 19.5 Å². The van der Waals surface area contributed by atoms with Gasteiger partial charge in [-0.05, 0) is 50.5 Å². The monoisotopic (exact) mass is 483 g/mol. The zero-order valence-corrected chi connectivity index (χ0v) is 20.9. The first-order valence-electron chi connectivity index (χ1n) is 12.5. The molecule has 36 heavy (non-hydrogen) atoms. The van der Waals surface area contributed by atoms with Gasteiger partial charge in [0, 0.05) is 17.7 Å². The number of hydrogen-bond acceptors (Lipinski definition) is 5. The van der Waals surface area contributed by atoms with E-state index in [-0.39, 0.29) is 0 Å². The van der Waals surface area contributed by atoms with Gasteiger partial charge < -0.3 is 14.8 Å². The number of methoxy groups -OCH3 is 1. The van der Waals surface area contributed by atoms with E-state index in [1.165, 1.54) is 0 Å². The van der Waals surface area contributed by atoms with Gasteiger partial charge in [-0.3, -0.25) is 9.98 Å². The van der Waals surface area contributed by atoms with Crippen LogP contribution in [0.4, 0.5) is 4.79 Å². The first-order valence-corrected chi connectivity index (χ1v) is 12.5. The van der Waals surface area contributed by atoms with Gasteiger partial charge in [-0.2, -0.15) is 0 Å². The van der Waals surface area contributed by atoms with Crippen molar-refractivity contribution in [2.24, 2.45) is 9.98 Å². The molecule has 1 aliphatic heterocycles. The highest BCUT2D eigenvalue weighted by molar-refractivity contribution is 6.54. The quantitative estimate of drug-likeness (QED) is 0.319. The summed E-state index contributed by atoms with van der Waals surface area (Å²) < 4.78 is 10.4. The van der Waals surface area contributed by atoms with E-state index in [1.807, 2.05) is 36.4 Å². The van der Waals surface area contributed by atoms with Gasteiger partial charge in [0.15, 0.2) is 0 Å². The number of unbranched alkanes of at least 4 members (excludes halogenated alkanes) is 3. The molecule has 6 heteroatoms. The number of nitrogens with one attached hydrogen (secondary N) is 1. The van der Waals surface area contributed by atoms with Crippen LogP contribution in [0.2, 0.25) is 0 Å². The number of carbonyl (C=O) groups is 1. The predicted octanol–water partition coefficient (Wildman–Crippen LogP) is 6.44. The van der Waals surface area contributed by atoms with Gasteiger partial charge in [0.2, 0.25) is 0 Å². The Hall–Kier alpha value is -3.93. The summed E-state index contributed by atoms with van der Waals surface area (Å²) in [4.78, 5) is 22.1. The van der Waals surface area contributed by atoms with Crippen molar-refractivity contribution in [3.63, 3.8) is 0 Å².